The Morgan fingerprint density at radius 2 is 1.71 bits per heavy atom. The van der Waals surface area contributed by atoms with Crippen LogP contribution in [-0.4, -0.2) is 29.8 Å². The maximum absolute atomic E-state index is 11.9. The van der Waals surface area contributed by atoms with E-state index >= 15 is 0 Å². The highest BCUT2D eigenvalue weighted by atomic mass is 16.3. The molecule has 1 aromatic rings. The van der Waals surface area contributed by atoms with Crippen molar-refractivity contribution in [3.05, 3.63) is 35.9 Å². The summed E-state index contributed by atoms with van der Waals surface area (Å²) >= 11 is 0. The molecule has 2 rings (SSSR count). The van der Waals surface area contributed by atoms with E-state index in [1.165, 1.54) is 0 Å². The molecule has 1 heterocycles. The minimum atomic E-state index is -1.77. The van der Waals surface area contributed by atoms with Crippen LogP contribution in [0.25, 0.3) is 0 Å². The zero-order chi connectivity index (χ0) is 12.3. The van der Waals surface area contributed by atoms with Gasteiger partial charge in [-0.05, 0) is 5.56 Å². The quantitative estimate of drug-likeness (QED) is 0.780. The third-order valence-electron chi connectivity index (χ3n) is 2.73. The number of aliphatic hydroxyl groups is 1. The van der Waals surface area contributed by atoms with E-state index in [0.29, 0.717) is 5.56 Å². The third kappa shape index (κ3) is 2.29. The molecule has 88 valence electrons. The average Bonchev–Trinajstić information content (AvgIpc) is 2.34. The summed E-state index contributed by atoms with van der Waals surface area (Å²) < 4.78 is 0. The Labute approximate surface area is 98.2 Å². The standard InChI is InChI=1S/C12H12N2O3/c15-10-6-12(17,9-4-2-1-3-5-9)11(16)8-14-13-7-10/h1-5,17H,6-8H2. The first-order chi connectivity index (χ1) is 8.13. The summed E-state index contributed by atoms with van der Waals surface area (Å²) in [4.78, 5) is 23.4. The zero-order valence-corrected chi connectivity index (χ0v) is 9.17. The van der Waals surface area contributed by atoms with E-state index in [-0.39, 0.29) is 25.3 Å². The summed E-state index contributed by atoms with van der Waals surface area (Å²) in [6, 6.07) is 8.46. The zero-order valence-electron chi connectivity index (χ0n) is 9.17. The molecular weight excluding hydrogens is 220 g/mol. The molecule has 0 radical (unpaired) electrons. The lowest BCUT2D eigenvalue weighted by Crippen LogP contribution is -2.40. The van der Waals surface area contributed by atoms with Gasteiger partial charge < -0.3 is 5.11 Å². The van der Waals surface area contributed by atoms with Crippen LogP contribution < -0.4 is 0 Å². The summed E-state index contributed by atoms with van der Waals surface area (Å²) in [6.07, 6.45) is -0.241. The molecular formula is C12H12N2O3. The van der Waals surface area contributed by atoms with Crippen molar-refractivity contribution in [1.82, 2.24) is 0 Å². The van der Waals surface area contributed by atoms with Gasteiger partial charge in [0.05, 0.1) is 0 Å². The van der Waals surface area contributed by atoms with Crippen molar-refractivity contribution >= 4 is 11.6 Å². The second-order valence-corrected chi connectivity index (χ2v) is 3.96. The number of nitrogens with zero attached hydrogens (tertiary/aromatic N) is 2. The van der Waals surface area contributed by atoms with Gasteiger partial charge in [0.25, 0.3) is 0 Å². The van der Waals surface area contributed by atoms with Crippen LogP contribution in [0, 0.1) is 0 Å². The van der Waals surface area contributed by atoms with Crippen molar-refractivity contribution in [2.75, 3.05) is 13.1 Å². The fraction of sp³-hybridized carbons (Fsp3) is 0.333. The first kappa shape index (κ1) is 11.6. The summed E-state index contributed by atoms with van der Waals surface area (Å²) in [5, 5.41) is 17.6. The molecule has 0 spiro atoms. The number of hydrogen-bond donors (Lipinski definition) is 1. The van der Waals surface area contributed by atoms with Crippen LogP contribution in [0.1, 0.15) is 12.0 Å². The lowest BCUT2D eigenvalue weighted by Gasteiger charge is -2.26. The topological polar surface area (TPSA) is 79.1 Å². The Balaban J connectivity index is 2.42. The highest BCUT2D eigenvalue weighted by Gasteiger charge is 2.39. The predicted octanol–water partition coefficient (Wildman–Crippen LogP) is 0.868. The van der Waals surface area contributed by atoms with Crippen molar-refractivity contribution in [3.8, 4) is 0 Å². The summed E-state index contributed by atoms with van der Waals surface area (Å²) in [6.45, 7) is -0.277. The minimum Gasteiger partial charge on any atom is -0.377 e. The lowest BCUT2D eigenvalue weighted by molar-refractivity contribution is -0.143. The van der Waals surface area contributed by atoms with Gasteiger partial charge in [0, 0.05) is 6.42 Å². The molecule has 1 aliphatic heterocycles. The molecule has 0 aliphatic carbocycles. The highest BCUT2D eigenvalue weighted by Crippen LogP contribution is 2.27. The van der Waals surface area contributed by atoms with Crippen LogP contribution in [0.3, 0.4) is 0 Å². The molecule has 0 saturated heterocycles. The van der Waals surface area contributed by atoms with Gasteiger partial charge in [-0.25, -0.2) is 0 Å². The van der Waals surface area contributed by atoms with Gasteiger partial charge in [-0.1, -0.05) is 30.3 Å². The van der Waals surface area contributed by atoms with Crippen LogP contribution >= 0.6 is 0 Å². The second kappa shape index (κ2) is 4.55. The fourth-order valence-corrected chi connectivity index (χ4v) is 1.79. The van der Waals surface area contributed by atoms with Crippen molar-refractivity contribution in [2.24, 2.45) is 10.2 Å². The molecule has 1 atom stereocenters. The maximum atomic E-state index is 11.9. The molecule has 5 nitrogen and oxygen atoms in total. The van der Waals surface area contributed by atoms with E-state index in [4.69, 9.17) is 0 Å². The summed E-state index contributed by atoms with van der Waals surface area (Å²) in [7, 11) is 0. The van der Waals surface area contributed by atoms with Crippen molar-refractivity contribution in [1.29, 1.82) is 0 Å². The highest BCUT2D eigenvalue weighted by molar-refractivity contribution is 5.96. The number of carbonyl (C=O) groups excluding carboxylic acids is 2. The number of carbonyl (C=O) groups is 2. The first-order valence-corrected chi connectivity index (χ1v) is 5.29. The molecule has 1 N–H and O–H groups in total. The van der Waals surface area contributed by atoms with Gasteiger partial charge in [-0.3, -0.25) is 9.59 Å². The largest absolute Gasteiger partial charge is 0.377 e. The number of ketones is 2. The Morgan fingerprint density at radius 1 is 1.06 bits per heavy atom. The molecule has 17 heavy (non-hydrogen) atoms. The summed E-state index contributed by atoms with van der Waals surface area (Å²) in [5.41, 5.74) is -1.34. The Kier molecular flexibility index (Phi) is 3.10. The second-order valence-electron chi connectivity index (χ2n) is 3.96. The van der Waals surface area contributed by atoms with E-state index in [0.717, 1.165) is 0 Å². The van der Waals surface area contributed by atoms with Crippen LogP contribution in [0.5, 0.6) is 0 Å². The normalized spacial score (nSPS) is 25.5. The van der Waals surface area contributed by atoms with Crippen LogP contribution in [-0.2, 0) is 15.2 Å². The number of benzene rings is 1. The molecule has 1 aliphatic rings. The molecule has 5 heteroatoms. The maximum Gasteiger partial charge on any atom is 0.192 e. The van der Waals surface area contributed by atoms with Crippen molar-refractivity contribution in [3.63, 3.8) is 0 Å². The lowest BCUT2D eigenvalue weighted by atomic mass is 9.84. The molecule has 1 aromatic carbocycles. The smallest absolute Gasteiger partial charge is 0.192 e. The van der Waals surface area contributed by atoms with Gasteiger partial charge in [-0.15, -0.1) is 0 Å². The summed E-state index contributed by atoms with van der Waals surface area (Å²) in [5.74, 6) is -0.798. The number of Topliss-reactive ketones (excluding diaryl/α,β-unsaturated/α-hetero) is 2. The average molecular weight is 232 g/mol. The number of rotatable bonds is 1. The van der Waals surface area contributed by atoms with E-state index < -0.39 is 11.4 Å². The number of azo groups is 1. The van der Waals surface area contributed by atoms with E-state index in [2.05, 4.69) is 10.2 Å². The SMILES string of the molecule is O=C1CN=NCC(=O)C(O)(c2ccccc2)C1. The molecule has 0 bridgehead atoms. The van der Waals surface area contributed by atoms with Crippen LogP contribution in [0.2, 0.25) is 0 Å². The van der Waals surface area contributed by atoms with E-state index in [1.807, 2.05) is 0 Å². The van der Waals surface area contributed by atoms with E-state index in [9.17, 15) is 14.7 Å². The first-order valence-electron chi connectivity index (χ1n) is 5.29. The van der Waals surface area contributed by atoms with Gasteiger partial charge >= 0.3 is 0 Å². The molecule has 0 fully saturated rings. The fourth-order valence-electron chi connectivity index (χ4n) is 1.79. The molecule has 0 saturated carbocycles. The predicted molar refractivity (Wildman–Crippen MR) is 59.6 cm³/mol. The van der Waals surface area contributed by atoms with Gasteiger partial charge in [0.1, 0.15) is 13.1 Å². The Morgan fingerprint density at radius 3 is 2.41 bits per heavy atom. The van der Waals surface area contributed by atoms with Gasteiger partial charge in [0.2, 0.25) is 0 Å². The Bertz CT molecular complexity index is 470. The van der Waals surface area contributed by atoms with E-state index in [1.54, 1.807) is 30.3 Å². The minimum absolute atomic E-state index is 0.0809. The van der Waals surface area contributed by atoms with Gasteiger partial charge in [0.15, 0.2) is 17.2 Å². The molecule has 0 amide bonds. The van der Waals surface area contributed by atoms with Crippen LogP contribution in [0.15, 0.2) is 40.6 Å². The van der Waals surface area contributed by atoms with Crippen molar-refractivity contribution < 1.29 is 14.7 Å². The molecule has 1 unspecified atom stereocenters. The molecule has 0 aromatic heterocycles. The van der Waals surface area contributed by atoms with Gasteiger partial charge in [-0.2, -0.15) is 10.2 Å². The van der Waals surface area contributed by atoms with Crippen molar-refractivity contribution in [2.45, 2.75) is 12.0 Å². The third-order valence-corrected chi connectivity index (χ3v) is 2.73. The Hall–Kier alpha value is -1.88. The monoisotopic (exact) mass is 232 g/mol. The number of hydrogen-bond acceptors (Lipinski definition) is 5. The van der Waals surface area contributed by atoms with Crippen LogP contribution in [0.4, 0.5) is 0 Å².